The lowest BCUT2D eigenvalue weighted by atomic mass is 10.3. The highest BCUT2D eigenvalue weighted by atomic mass is 32.2. The molecule has 1 aliphatic rings. The van der Waals surface area contributed by atoms with E-state index >= 15 is 0 Å². The number of imidazole rings is 1. The van der Waals surface area contributed by atoms with Crippen LogP contribution in [0.1, 0.15) is 6.92 Å². The Kier molecular flexibility index (Phi) is 5.72. The maximum Gasteiger partial charge on any atom is 0.243 e. The molecule has 0 radical (unpaired) electrons. The predicted octanol–water partition coefficient (Wildman–Crippen LogP) is 1.29. The van der Waals surface area contributed by atoms with E-state index in [1.54, 1.807) is 41.1 Å². The normalized spacial score (nSPS) is 16.8. The minimum absolute atomic E-state index is 0.322. The average Bonchev–Trinajstić information content (AvgIpc) is 3.15. The summed E-state index contributed by atoms with van der Waals surface area (Å²) in [6.07, 6.45) is 5.50. The molecule has 0 unspecified atom stereocenters. The lowest BCUT2D eigenvalue weighted by Crippen LogP contribution is -2.49. The number of rotatable bonds is 7. The van der Waals surface area contributed by atoms with Gasteiger partial charge in [-0.15, -0.1) is 0 Å². The van der Waals surface area contributed by atoms with Gasteiger partial charge in [-0.2, -0.15) is 4.31 Å². The summed E-state index contributed by atoms with van der Waals surface area (Å²) in [5, 5.41) is 0. The lowest BCUT2D eigenvalue weighted by Gasteiger charge is -2.34. The van der Waals surface area contributed by atoms with Crippen LogP contribution >= 0.6 is 0 Å². The fourth-order valence-corrected chi connectivity index (χ4v) is 4.32. The van der Waals surface area contributed by atoms with Crippen LogP contribution in [0, 0.1) is 0 Å². The molecule has 0 atom stereocenters. The van der Waals surface area contributed by atoms with E-state index in [0.29, 0.717) is 30.3 Å². The van der Waals surface area contributed by atoms with Gasteiger partial charge in [0.1, 0.15) is 5.75 Å². The first-order chi connectivity index (χ1) is 12.1. The molecule has 0 bridgehead atoms. The molecule has 3 rings (SSSR count). The Morgan fingerprint density at radius 2 is 1.80 bits per heavy atom. The van der Waals surface area contributed by atoms with Gasteiger partial charge in [-0.05, 0) is 31.2 Å². The number of piperazine rings is 1. The molecule has 1 aromatic heterocycles. The Balaban J connectivity index is 1.55. The second-order valence-electron chi connectivity index (χ2n) is 5.95. The summed E-state index contributed by atoms with van der Waals surface area (Å²) in [5.74, 6) is 0.686. The van der Waals surface area contributed by atoms with Crippen molar-refractivity contribution in [2.75, 3.05) is 39.3 Å². The lowest BCUT2D eigenvalue weighted by molar-refractivity contribution is 0.183. The van der Waals surface area contributed by atoms with Gasteiger partial charge in [0.15, 0.2) is 0 Å². The molecule has 2 heterocycles. The van der Waals surface area contributed by atoms with Crippen molar-refractivity contribution < 1.29 is 13.2 Å². The quantitative estimate of drug-likeness (QED) is 0.741. The van der Waals surface area contributed by atoms with Gasteiger partial charge in [-0.1, -0.05) is 0 Å². The molecular formula is C17H24N4O3S. The van der Waals surface area contributed by atoms with Crippen molar-refractivity contribution in [3.63, 3.8) is 0 Å². The third-order valence-electron chi connectivity index (χ3n) is 4.34. The first kappa shape index (κ1) is 17.9. The molecule has 2 aromatic rings. The topological polar surface area (TPSA) is 67.7 Å². The molecule has 25 heavy (non-hydrogen) atoms. The van der Waals surface area contributed by atoms with E-state index in [-0.39, 0.29) is 0 Å². The van der Waals surface area contributed by atoms with Crippen molar-refractivity contribution in [1.82, 2.24) is 18.8 Å². The standard InChI is InChI=1S/C17H24N4O3S/c1-2-24-16-3-5-17(6-4-16)25(22,23)21-13-11-19(12-14-21)9-10-20-8-7-18-15-20/h3-8,15H,2,9-14H2,1H3. The van der Waals surface area contributed by atoms with Crippen LogP contribution in [-0.2, 0) is 16.6 Å². The van der Waals surface area contributed by atoms with Crippen LogP contribution < -0.4 is 4.74 Å². The summed E-state index contributed by atoms with van der Waals surface area (Å²) in [6, 6.07) is 6.65. The molecule has 0 aliphatic carbocycles. The van der Waals surface area contributed by atoms with Crippen molar-refractivity contribution in [3.05, 3.63) is 43.0 Å². The molecule has 1 aromatic carbocycles. The van der Waals surface area contributed by atoms with Gasteiger partial charge in [0.25, 0.3) is 0 Å². The van der Waals surface area contributed by atoms with Crippen LogP contribution in [-0.4, -0.2) is 66.5 Å². The summed E-state index contributed by atoms with van der Waals surface area (Å²) in [7, 11) is -3.44. The van der Waals surface area contributed by atoms with Crippen molar-refractivity contribution in [3.8, 4) is 5.75 Å². The van der Waals surface area contributed by atoms with E-state index in [4.69, 9.17) is 4.74 Å². The van der Waals surface area contributed by atoms with Crippen LogP contribution in [0.3, 0.4) is 0 Å². The maximum atomic E-state index is 12.8. The van der Waals surface area contributed by atoms with Crippen LogP contribution in [0.5, 0.6) is 5.75 Å². The van der Waals surface area contributed by atoms with Gasteiger partial charge >= 0.3 is 0 Å². The van der Waals surface area contributed by atoms with Gasteiger partial charge in [0.05, 0.1) is 17.8 Å². The number of benzene rings is 1. The van der Waals surface area contributed by atoms with Crippen molar-refractivity contribution in [1.29, 1.82) is 0 Å². The Morgan fingerprint density at radius 3 is 2.40 bits per heavy atom. The minimum atomic E-state index is -3.44. The van der Waals surface area contributed by atoms with Crippen LogP contribution in [0.25, 0.3) is 0 Å². The summed E-state index contributed by atoms with van der Waals surface area (Å²) >= 11 is 0. The van der Waals surface area contributed by atoms with E-state index in [1.807, 2.05) is 17.7 Å². The third kappa shape index (κ3) is 4.39. The smallest absolute Gasteiger partial charge is 0.243 e. The van der Waals surface area contributed by atoms with Crippen molar-refractivity contribution >= 4 is 10.0 Å². The number of ether oxygens (including phenoxy) is 1. The number of nitrogens with zero attached hydrogens (tertiary/aromatic N) is 4. The zero-order valence-corrected chi connectivity index (χ0v) is 15.2. The first-order valence-electron chi connectivity index (χ1n) is 8.50. The largest absolute Gasteiger partial charge is 0.494 e. The van der Waals surface area contributed by atoms with Gasteiger partial charge in [-0.25, -0.2) is 13.4 Å². The van der Waals surface area contributed by atoms with Crippen molar-refractivity contribution in [2.24, 2.45) is 0 Å². The summed E-state index contributed by atoms with van der Waals surface area (Å²) in [6.45, 7) is 6.73. The van der Waals surface area contributed by atoms with Gasteiger partial charge in [0.2, 0.25) is 10.0 Å². The molecule has 8 heteroatoms. The monoisotopic (exact) mass is 364 g/mol. The molecule has 1 saturated heterocycles. The Hall–Kier alpha value is -1.90. The second-order valence-corrected chi connectivity index (χ2v) is 7.89. The highest BCUT2D eigenvalue weighted by molar-refractivity contribution is 7.89. The SMILES string of the molecule is CCOc1ccc(S(=O)(=O)N2CCN(CCn3ccnc3)CC2)cc1. The molecule has 0 N–H and O–H groups in total. The molecule has 1 fully saturated rings. The number of sulfonamides is 1. The first-order valence-corrected chi connectivity index (χ1v) is 9.94. The van der Waals surface area contributed by atoms with Crippen LogP contribution in [0.2, 0.25) is 0 Å². The van der Waals surface area contributed by atoms with Crippen LogP contribution in [0.4, 0.5) is 0 Å². The van der Waals surface area contributed by atoms with E-state index in [2.05, 4.69) is 9.88 Å². The predicted molar refractivity (Wildman–Crippen MR) is 95.0 cm³/mol. The Labute approximate surface area is 148 Å². The minimum Gasteiger partial charge on any atom is -0.494 e. The highest BCUT2D eigenvalue weighted by Gasteiger charge is 2.28. The Bertz CT molecular complexity index is 752. The second kappa shape index (κ2) is 7.99. The zero-order valence-electron chi connectivity index (χ0n) is 14.4. The average molecular weight is 364 g/mol. The highest BCUT2D eigenvalue weighted by Crippen LogP contribution is 2.20. The van der Waals surface area contributed by atoms with Crippen molar-refractivity contribution in [2.45, 2.75) is 18.4 Å². The Morgan fingerprint density at radius 1 is 1.08 bits per heavy atom. The van der Waals surface area contributed by atoms with Gasteiger partial charge < -0.3 is 9.30 Å². The molecule has 7 nitrogen and oxygen atoms in total. The molecule has 0 spiro atoms. The fourth-order valence-electron chi connectivity index (χ4n) is 2.89. The fraction of sp³-hybridized carbons (Fsp3) is 0.471. The summed E-state index contributed by atoms with van der Waals surface area (Å²) < 4.78 is 34.5. The number of hydrogen-bond donors (Lipinski definition) is 0. The molecule has 1 aliphatic heterocycles. The van der Waals surface area contributed by atoms with E-state index < -0.39 is 10.0 Å². The van der Waals surface area contributed by atoms with E-state index in [9.17, 15) is 8.42 Å². The third-order valence-corrected chi connectivity index (χ3v) is 6.25. The van der Waals surface area contributed by atoms with E-state index in [0.717, 1.165) is 26.2 Å². The number of hydrogen-bond acceptors (Lipinski definition) is 5. The molecular weight excluding hydrogens is 340 g/mol. The van der Waals surface area contributed by atoms with Crippen LogP contribution in [0.15, 0.2) is 47.9 Å². The zero-order chi connectivity index (χ0) is 17.7. The van der Waals surface area contributed by atoms with Gasteiger partial charge in [0, 0.05) is 51.7 Å². The molecule has 0 amide bonds. The summed E-state index contributed by atoms with van der Waals surface area (Å²) in [5.41, 5.74) is 0. The van der Waals surface area contributed by atoms with Gasteiger partial charge in [-0.3, -0.25) is 4.90 Å². The summed E-state index contributed by atoms with van der Waals surface area (Å²) in [4.78, 5) is 6.63. The maximum absolute atomic E-state index is 12.8. The molecule has 136 valence electrons. The van der Waals surface area contributed by atoms with E-state index in [1.165, 1.54) is 0 Å². The molecule has 0 saturated carbocycles. The number of aromatic nitrogens is 2.